The average Bonchev–Trinajstić information content (AvgIpc) is 1.96. The van der Waals surface area contributed by atoms with Crippen molar-refractivity contribution in [3.8, 4) is 0 Å². The molecule has 0 aliphatic heterocycles. The van der Waals surface area contributed by atoms with Crippen molar-refractivity contribution in [2.24, 2.45) is 0 Å². The maximum atomic E-state index is 10.4. The summed E-state index contributed by atoms with van der Waals surface area (Å²) in [6.45, 7) is 0. The lowest BCUT2D eigenvalue weighted by Gasteiger charge is -2.00. The molecule has 0 aliphatic rings. The predicted octanol–water partition coefficient (Wildman–Crippen LogP) is -0.00740. The van der Waals surface area contributed by atoms with E-state index in [1.54, 1.807) is 0 Å². The van der Waals surface area contributed by atoms with Crippen molar-refractivity contribution < 1.29 is 9.90 Å². The van der Waals surface area contributed by atoms with Gasteiger partial charge in [-0.05, 0) is 0 Å². The summed E-state index contributed by atoms with van der Waals surface area (Å²) in [5.41, 5.74) is 10.0. The Balaban J connectivity index is 3.33. The Kier molecular flexibility index (Phi) is 2.01. The highest BCUT2D eigenvalue weighted by atomic mass is 35.5. The SMILES string of the molecule is Nc1nc(Cl)c(C(=O)O)nc1N. The van der Waals surface area contributed by atoms with Gasteiger partial charge in [0.1, 0.15) is 0 Å². The first kappa shape index (κ1) is 8.54. The van der Waals surface area contributed by atoms with Crippen molar-refractivity contribution in [1.29, 1.82) is 0 Å². The quantitative estimate of drug-likeness (QED) is 0.571. The normalized spacial score (nSPS) is 9.75. The lowest BCUT2D eigenvalue weighted by atomic mass is 10.4. The summed E-state index contributed by atoms with van der Waals surface area (Å²) >= 11 is 5.41. The van der Waals surface area contributed by atoms with Gasteiger partial charge in [0.2, 0.25) is 0 Å². The standard InChI is InChI=1S/C5H5ClN4O2/c6-2-1(5(11)12)9-3(7)4(8)10-2/h(H2,7,9)(H2,8,10)(H,11,12). The Bertz CT molecular complexity index is 340. The van der Waals surface area contributed by atoms with Crippen molar-refractivity contribution in [3.63, 3.8) is 0 Å². The van der Waals surface area contributed by atoms with Crippen LogP contribution in [-0.2, 0) is 0 Å². The number of aromatic carboxylic acids is 1. The number of halogens is 1. The van der Waals surface area contributed by atoms with Crippen molar-refractivity contribution >= 4 is 29.2 Å². The minimum atomic E-state index is -1.29. The maximum Gasteiger partial charge on any atom is 0.357 e. The predicted molar refractivity (Wildman–Crippen MR) is 42.8 cm³/mol. The van der Waals surface area contributed by atoms with Gasteiger partial charge in [-0.2, -0.15) is 0 Å². The van der Waals surface area contributed by atoms with E-state index in [1.807, 2.05) is 0 Å². The molecule has 7 heteroatoms. The first-order valence-electron chi connectivity index (χ1n) is 2.84. The highest BCUT2D eigenvalue weighted by Crippen LogP contribution is 2.16. The van der Waals surface area contributed by atoms with Crippen LogP contribution < -0.4 is 11.5 Å². The monoisotopic (exact) mass is 188 g/mol. The second-order valence-corrected chi connectivity index (χ2v) is 2.30. The zero-order valence-electron chi connectivity index (χ0n) is 5.78. The lowest BCUT2D eigenvalue weighted by Crippen LogP contribution is -2.09. The molecule has 0 radical (unpaired) electrons. The van der Waals surface area contributed by atoms with Crippen molar-refractivity contribution in [1.82, 2.24) is 9.97 Å². The number of rotatable bonds is 1. The molecule has 0 fully saturated rings. The number of nitrogens with zero attached hydrogens (tertiary/aromatic N) is 2. The van der Waals surface area contributed by atoms with Crippen molar-refractivity contribution in [2.75, 3.05) is 11.5 Å². The van der Waals surface area contributed by atoms with Gasteiger partial charge in [0.15, 0.2) is 22.5 Å². The second kappa shape index (κ2) is 2.82. The van der Waals surface area contributed by atoms with E-state index in [-0.39, 0.29) is 16.8 Å². The zero-order chi connectivity index (χ0) is 9.30. The molecular formula is C5H5ClN4O2. The number of anilines is 2. The van der Waals surface area contributed by atoms with Crippen LogP contribution in [0.25, 0.3) is 0 Å². The van der Waals surface area contributed by atoms with Crippen LogP contribution in [0.15, 0.2) is 0 Å². The summed E-state index contributed by atoms with van der Waals surface area (Å²) in [6.07, 6.45) is 0. The molecule has 0 spiro atoms. The Morgan fingerprint density at radius 2 is 1.83 bits per heavy atom. The van der Waals surface area contributed by atoms with Crippen LogP contribution >= 0.6 is 11.6 Å². The van der Waals surface area contributed by atoms with Crippen LogP contribution in [0.3, 0.4) is 0 Å². The molecule has 0 atom stereocenters. The van der Waals surface area contributed by atoms with Crippen molar-refractivity contribution in [3.05, 3.63) is 10.8 Å². The van der Waals surface area contributed by atoms with Gasteiger partial charge in [-0.1, -0.05) is 11.6 Å². The summed E-state index contributed by atoms with van der Waals surface area (Å²) in [5.74, 6) is -1.51. The van der Waals surface area contributed by atoms with Crippen molar-refractivity contribution in [2.45, 2.75) is 0 Å². The highest BCUT2D eigenvalue weighted by Gasteiger charge is 2.14. The molecule has 1 rings (SSSR count). The number of carboxylic acids is 1. The molecule has 1 aromatic rings. The molecule has 1 aromatic heterocycles. The van der Waals surface area contributed by atoms with Gasteiger partial charge in [0.05, 0.1) is 0 Å². The summed E-state index contributed by atoms with van der Waals surface area (Å²) in [7, 11) is 0. The third kappa shape index (κ3) is 1.37. The van der Waals surface area contributed by atoms with Gasteiger partial charge in [0, 0.05) is 0 Å². The van der Waals surface area contributed by atoms with Gasteiger partial charge in [0.25, 0.3) is 0 Å². The summed E-state index contributed by atoms with van der Waals surface area (Å²) < 4.78 is 0. The number of nitrogen functional groups attached to an aromatic ring is 2. The fraction of sp³-hybridized carbons (Fsp3) is 0. The summed E-state index contributed by atoms with van der Waals surface area (Å²) in [4.78, 5) is 17.3. The third-order valence-corrected chi connectivity index (χ3v) is 1.37. The van der Waals surface area contributed by atoms with E-state index in [9.17, 15) is 4.79 Å². The molecule has 1 heterocycles. The Labute approximate surface area is 72.2 Å². The third-order valence-electron chi connectivity index (χ3n) is 1.11. The molecule has 0 saturated carbocycles. The molecule has 0 unspecified atom stereocenters. The highest BCUT2D eigenvalue weighted by molar-refractivity contribution is 6.32. The zero-order valence-corrected chi connectivity index (χ0v) is 6.54. The number of hydrogen-bond donors (Lipinski definition) is 3. The first-order chi connectivity index (χ1) is 5.52. The smallest absolute Gasteiger partial charge is 0.357 e. The molecule has 64 valence electrons. The van der Waals surface area contributed by atoms with Gasteiger partial charge in [-0.15, -0.1) is 0 Å². The number of nitrogens with two attached hydrogens (primary N) is 2. The van der Waals surface area contributed by atoms with Crippen LogP contribution in [0.5, 0.6) is 0 Å². The fourth-order valence-corrected chi connectivity index (χ4v) is 0.790. The minimum absolute atomic E-state index is 0.0787. The van der Waals surface area contributed by atoms with Crippen LogP contribution in [0.1, 0.15) is 10.5 Å². The van der Waals surface area contributed by atoms with Crippen LogP contribution in [0.2, 0.25) is 5.15 Å². The van der Waals surface area contributed by atoms with Gasteiger partial charge >= 0.3 is 5.97 Å². The van der Waals surface area contributed by atoms with Crippen LogP contribution in [0, 0.1) is 0 Å². The molecule has 12 heavy (non-hydrogen) atoms. The topological polar surface area (TPSA) is 115 Å². The molecular weight excluding hydrogens is 184 g/mol. The summed E-state index contributed by atoms with van der Waals surface area (Å²) in [6, 6.07) is 0. The second-order valence-electron chi connectivity index (χ2n) is 1.94. The molecule has 5 N–H and O–H groups in total. The molecule has 6 nitrogen and oxygen atoms in total. The Hall–Kier alpha value is -1.56. The van der Waals surface area contributed by atoms with E-state index >= 15 is 0 Å². The number of hydrogen-bond acceptors (Lipinski definition) is 5. The largest absolute Gasteiger partial charge is 0.476 e. The van der Waals surface area contributed by atoms with Gasteiger partial charge < -0.3 is 16.6 Å². The van der Waals surface area contributed by atoms with E-state index in [1.165, 1.54) is 0 Å². The Morgan fingerprint density at radius 1 is 1.33 bits per heavy atom. The molecule has 0 bridgehead atoms. The van der Waals surface area contributed by atoms with E-state index in [0.29, 0.717) is 0 Å². The van der Waals surface area contributed by atoms with E-state index in [2.05, 4.69) is 9.97 Å². The van der Waals surface area contributed by atoms with Gasteiger partial charge in [-0.25, -0.2) is 14.8 Å². The number of carboxylic acid groups (broad SMARTS) is 1. The molecule has 0 aromatic carbocycles. The first-order valence-corrected chi connectivity index (χ1v) is 3.22. The van der Waals surface area contributed by atoms with Crippen LogP contribution in [0.4, 0.5) is 11.6 Å². The number of carbonyl (C=O) groups is 1. The maximum absolute atomic E-state index is 10.4. The van der Waals surface area contributed by atoms with Crippen LogP contribution in [-0.4, -0.2) is 21.0 Å². The van der Waals surface area contributed by atoms with E-state index < -0.39 is 11.7 Å². The summed E-state index contributed by atoms with van der Waals surface area (Å²) in [5, 5.41) is 8.23. The van der Waals surface area contributed by atoms with E-state index in [4.69, 9.17) is 28.2 Å². The molecule has 0 aliphatic carbocycles. The minimum Gasteiger partial charge on any atom is -0.476 e. The fourth-order valence-electron chi connectivity index (χ4n) is 0.576. The van der Waals surface area contributed by atoms with Gasteiger partial charge in [-0.3, -0.25) is 0 Å². The van der Waals surface area contributed by atoms with E-state index in [0.717, 1.165) is 0 Å². The Morgan fingerprint density at radius 3 is 2.33 bits per heavy atom. The lowest BCUT2D eigenvalue weighted by molar-refractivity contribution is 0.0690. The number of aromatic nitrogens is 2. The molecule has 0 saturated heterocycles. The average molecular weight is 189 g/mol. The molecule has 0 amide bonds.